The van der Waals surface area contributed by atoms with E-state index < -0.39 is 0 Å². The van der Waals surface area contributed by atoms with Gasteiger partial charge in [0.05, 0.1) is 0 Å². The summed E-state index contributed by atoms with van der Waals surface area (Å²) in [7, 11) is 0. The van der Waals surface area contributed by atoms with E-state index in [1.54, 1.807) is 0 Å². The van der Waals surface area contributed by atoms with Crippen LogP contribution in [0.1, 0.15) is 54.2 Å². The minimum atomic E-state index is 0.143. The molecule has 0 amide bonds. The highest BCUT2D eigenvalue weighted by molar-refractivity contribution is 5.68. The molecule has 1 fully saturated rings. The van der Waals surface area contributed by atoms with Crippen molar-refractivity contribution in [2.45, 2.75) is 68.5 Å². The van der Waals surface area contributed by atoms with Gasteiger partial charge < -0.3 is 9.80 Å². The molecule has 0 N–H and O–H groups in total. The molecule has 1 saturated heterocycles. The van der Waals surface area contributed by atoms with E-state index in [1.165, 1.54) is 44.8 Å². The van der Waals surface area contributed by atoms with Crippen molar-refractivity contribution in [2.24, 2.45) is 5.41 Å². The molecule has 1 heterocycles. The lowest BCUT2D eigenvalue weighted by Gasteiger charge is -2.43. The SMILES string of the molecule is Cc1cc(C)c(N2CCN(c3c(C)cc(C)cc3C)C2C(C)(C)C)c(C)c1. The molecule has 0 aliphatic carbocycles. The van der Waals surface area contributed by atoms with Gasteiger partial charge in [0.2, 0.25) is 0 Å². The molecule has 0 unspecified atom stereocenters. The van der Waals surface area contributed by atoms with E-state index in [2.05, 4.69) is 96.4 Å². The molecule has 27 heavy (non-hydrogen) atoms. The summed E-state index contributed by atoms with van der Waals surface area (Å²) in [4.78, 5) is 5.31. The first-order valence-corrected chi connectivity index (χ1v) is 10.2. The molecule has 2 heteroatoms. The first-order chi connectivity index (χ1) is 12.5. The molecule has 1 aliphatic rings. The Balaban J connectivity index is 2.13. The predicted molar refractivity (Wildman–Crippen MR) is 119 cm³/mol. The second-order valence-electron chi connectivity index (χ2n) is 9.62. The Morgan fingerprint density at radius 3 is 1.19 bits per heavy atom. The fraction of sp³-hybridized carbons (Fsp3) is 0.520. The average Bonchev–Trinajstić information content (AvgIpc) is 2.89. The summed E-state index contributed by atoms with van der Waals surface area (Å²) in [5.74, 6) is 0. The van der Waals surface area contributed by atoms with Gasteiger partial charge in [-0.15, -0.1) is 0 Å². The number of hydrogen-bond acceptors (Lipinski definition) is 2. The fourth-order valence-electron chi connectivity index (χ4n) is 5.28. The van der Waals surface area contributed by atoms with E-state index in [0.29, 0.717) is 6.17 Å². The highest BCUT2D eigenvalue weighted by Gasteiger charge is 2.42. The smallest absolute Gasteiger partial charge is 0.107 e. The molecule has 3 rings (SSSR count). The summed E-state index contributed by atoms with van der Waals surface area (Å²) in [5, 5.41) is 0. The second-order valence-corrected chi connectivity index (χ2v) is 9.62. The Kier molecular flexibility index (Phi) is 5.05. The van der Waals surface area contributed by atoms with E-state index in [0.717, 1.165) is 13.1 Å². The molecule has 0 bridgehead atoms. The molecule has 0 radical (unpaired) electrons. The van der Waals surface area contributed by atoms with Crippen LogP contribution in [0.5, 0.6) is 0 Å². The summed E-state index contributed by atoms with van der Waals surface area (Å²) in [5.41, 5.74) is 11.2. The second kappa shape index (κ2) is 6.89. The van der Waals surface area contributed by atoms with Gasteiger partial charge in [0, 0.05) is 29.9 Å². The topological polar surface area (TPSA) is 6.48 Å². The van der Waals surface area contributed by atoms with Gasteiger partial charge in [-0.1, -0.05) is 56.2 Å². The van der Waals surface area contributed by atoms with Crippen molar-refractivity contribution < 1.29 is 0 Å². The third-order valence-corrected chi connectivity index (χ3v) is 5.79. The quantitative estimate of drug-likeness (QED) is 0.622. The van der Waals surface area contributed by atoms with E-state index in [9.17, 15) is 0 Å². The Labute approximate surface area is 166 Å². The standard InChI is InChI=1S/C25H36N2/c1-16-12-18(3)22(19(4)13-16)26-10-11-27(24(26)25(7,8)9)23-20(5)14-17(2)15-21(23)6/h12-15,24H,10-11H2,1-9H3. The fourth-order valence-corrected chi connectivity index (χ4v) is 5.28. The highest BCUT2D eigenvalue weighted by Crippen LogP contribution is 2.42. The van der Waals surface area contributed by atoms with Gasteiger partial charge in [0.25, 0.3) is 0 Å². The monoisotopic (exact) mass is 364 g/mol. The van der Waals surface area contributed by atoms with Crippen LogP contribution in [0, 0.1) is 47.0 Å². The predicted octanol–water partition coefficient (Wildman–Crippen LogP) is 6.24. The van der Waals surface area contributed by atoms with Crippen molar-refractivity contribution in [3.8, 4) is 0 Å². The number of anilines is 2. The van der Waals surface area contributed by atoms with Crippen LogP contribution in [0.4, 0.5) is 11.4 Å². The Morgan fingerprint density at radius 1 is 0.630 bits per heavy atom. The van der Waals surface area contributed by atoms with Gasteiger partial charge in [-0.3, -0.25) is 0 Å². The number of rotatable bonds is 2. The molecule has 1 aliphatic heterocycles. The number of nitrogens with zero attached hydrogens (tertiary/aromatic N) is 2. The van der Waals surface area contributed by atoms with Crippen LogP contribution >= 0.6 is 0 Å². The number of hydrogen-bond donors (Lipinski definition) is 0. The van der Waals surface area contributed by atoms with Crippen molar-refractivity contribution in [2.75, 3.05) is 22.9 Å². The Bertz CT molecular complexity index is 746. The van der Waals surface area contributed by atoms with Crippen LogP contribution in [0.2, 0.25) is 0 Å². The lowest BCUT2D eigenvalue weighted by molar-refractivity contribution is 0.322. The zero-order valence-corrected chi connectivity index (χ0v) is 18.7. The van der Waals surface area contributed by atoms with Gasteiger partial charge in [-0.2, -0.15) is 0 Å². The van der Waals surface area contributed by atoms with Crippen molar-refractivity contribution in [3.05, 3.63) is 57.6 Å². The first kappa shape index (κ1) is 19.8. The molecule has 146 valence electrons. The molecular weight excluding hydrogens is 328 g/mol. The number of benzene rings is 2. The normalized spacial score (nSPS) is 15.7. The van der Waals surface area contributed by atoms with Crippen LogP contribution in [0.25, 0.3) is 0 Å². The van der Waals surface area contributed by atoms with E-state index in [1.807, 2.05) is 0 Å². The van der Waals surface area contributed by atoms with Crippen molar-refractivity contribution in [1.29, 1.82) is 0 Å². The summed E-state index contributed by atoms with van der Waals surface area (Å²) >= 11 is 0. The minimum absolute atomic E-state index is 0.143. The van der Waals surface area contributed by atoms with Crippen LogP contribution in [0.3, 0.4) is 0 Å². The third-order valence-electron chi connectivity index (χ3n) is 5.79. The zero-order valence-electron chi connectivity index (χ0n) is 18.7. The largest absolute Gasteiger partial charge is 0.348 e. The molecular formula is C25H36N2. The lowest BCUT2D eigenvalue weighted by atomic mass is 9.89. The average molecular weight is 365 g/mol. The van der Waals surface area contributed by atoms with Crippen LogP contribution in [-0.2, 0) is 0 Å². The molecule has 0 saturated carbocycles. The zero-order chi connectivity index (χ0) is 20.1. The molecule has 2 nitrogen and oxygen atoms in total. The van der Waals surface area contributed by atoms with E-state index >= 15 is 0 Å². The first-order valence-electron chi connectivity index (χ1n) is 10.2. The Morgan fingerprint density at radius 2 is 0.926 bits per heavy atom. The summed E-state index contributed by atoms with van der Waals surface area (Å²) < 4.78 is 0. The summed E-state index contributed by atoms with van der Waals surface area (Å²) in [6.07, 6.45) is 0.345. The minimum Gasteiger partial charge on any atom is -0.348 e. The number of aryl methyl sites for hydroxylation is 6. The Hall–Kier alpha value is -1.96. The van der Waals surface area contributed by atoms with Gasteiger partial charge in [0.15, 0.2) is 0 Å². The maximum atomic E-state index is 2.66. The third kappa shape index (κ3) is 3.59. The molecule has 0 atom stereocenters. The van der Waals surface area contributed by atoms with Gasteiger partial charge in [-0.25, -0.2) is 0 Å². The molecule has 0 aromatic heterocycles. The lowest BCUT2D eigenvalue weighted by Crippen LogP contribution is -2.49. The van der Waals surface area contributed by atoms with Crippen LogP contribution < -0.4 is 9.80 Å². The molecule has 2 aromatic carbocycles. The maximum Gasteiger partial charge on any atom is 0.107 e. The van der Waals surface area contributed by atoms with Gasteiger partial charge >= 0.3 is 0 Å². The molecule has 0 spiro atoms. The maximum absolute atomic E-state index is 2.66. The van der Waals surface area contributed by atoms with Gasteiger partial charge in [0.1, 0.15) is 6.17 Å². The van der Waals surface area contributed by atoms with E-state index in [4.69, 9.17) is 0 Å². The van der Waals surface area contributed by atoms with Crippen molar-refractivity contribution in [3.63, 3.8) is 0 Å². The van der Waals surface area contributed by atoms with Crippen molar-refractivity contribution in [1.82, 2.24) is 0 Å². The van der Waals surface area contributed by atoms with Crippen molar-refractivity contribution >= 4 is 11.4 Å². The van der Waals surface area contributed by atoms with E-state index in [-0.39, 0.29) is 5.41 Å². The summed E-state index contributed by atoms with van der Waals surface area (Å²) in [6, 6.07) is 9.31. The summed E-state index contributed by atoms with van der Waals surface area (Å²) in [6.45, 7) is 22.7. The van der Waals surface area contributed by atoms with Crippen LogP contribution in [-0.4, -0.2) is 19.3 Å². The van der Waals surface area contributed by atoms with Gasteiger partial charge in [-0.05, 0) is 63.8 Å². The van der Waals surface area contributed by atoms with Crippen LogP contribution in [0.15, 0.2) is 24.3 Å². The highest BCUT2D eigenvalue weighted by atomic mass is 15.4. The molecule has 2 aromatic rings.